The molecule has 0 aliphatic rings. The number of anilines is 1. The smallest absolute Gasteiger partial charge is 0.240 e. The monoisotopic (exact) mass is 450 g/mol. The Morgan fingerprint density at radius 2 is 1.81 bits per heavy atom. The first-order valence-corrected chi connectivity index (χ1v) is 10.5. The number of aryl methyl sites for hydroxylation is 2. The van der Waals surface area contributed by atoms with Gasteiger partial charge >= 0.3 is 0 Å². The summed E-state index contributed by atoms with van der Waals surface area (Å²) in [6.07, 6.45) is 1.44. The van der Waals surface area contributed by atoms with Gasteiger partial charge in [0.15, 0.2) is 5.82 Å². The van der Waals surface area contributed by atoms with Crippen molar-refractivity contribution in [3.63, 3.8) is 0 Å². The Bertz CT molecular complexity index is 1030. The molecule has 8 nitrogen and oxygen atoms in total. The summed E-state index contributed by atoms with van der Waals surface area (Å²) in [6.45, 7) is 4.47. The van der Waals surface area contributed by atoms with Crippen LogP contribution in [0.15, 0.2) is 52.1 Å². The number of halogens is 1. The number of sulfonamides is 1. The Kier molecular flexibility index (Phi) is 5.88. The van der Waals surface area contributed by atoms with Crippen LogP contribution in [0.3, 0.4) is 0 Å². The summed E-state index contributed by atoms with van der Waals surface area (Å²) in [7, 11) is -3.54. The van der Waals surface area contributed by atoms with E-state index in [2.05, 4.69) is 41.0 Å². The number of nitrogens with zero attached hydrogens (tertiary/aromatic N) is 4. The van der Waals surface area contributed by atoms with E-state index in [1.54, 1.807) is 35.0 Å². The number of benzene rings is 1. The molecular formula is C17H19BrN6O2S. The highest BCUT2D eigenvalue weighted by Gasteiger charge is 2.13. The van der Waals surface area contributed by atoms with Gasteiger partial charge in [-0.15, -0.1) is 0 Å². The van der Waals surface area contributed by atoms with Crippen molar-refractivity contribution in [3.8, 4) is 5.82 Å². The minimum Gasteiger partial charge on any atom is -0.369 e. The molecule has 0 amide bonds. The van der Waals surface area contributed by atoms with Gasteiger partial charge in [0.1, 0.15) is 12.1 Å². The molecule has 0 unspecified atom stereocenters. The molecule has 0 aliphatic heterocycles. The summed E-state index contributed by atoms with van der Waals surface area (Å²) in [6, 6.07) is 10.2. The van der Waals surface area contributed by atoms with Crippen LogP contribution in [0, 0.1) is 13.8 Å². The second kappa shape index (κ2) is 8.15. The second-order valence-electron chi connectivity index (χ2n) is 5.88. The maximum Gasteiger partial charge on any atom is 0.240 e. The third-order valence-electron chi connectivity index (χ3n) is 3.73. The summed E-state index contributed by atoms with van der Waals surface area (Å²) in [5.41, 5.74) is 1.88. The van der Waals surface area contributed by atoms with Gasteiger partial charge in [-0.3, -0.25) is 0 Å². The Labute approximate surface area is 166 Å². The third-order valence-corrected chi connectivity index (χ3v) is 5.73. The lowest BCUT2D eigenvalue weighted by Crippen LogP contribution is -2.29. The quantitative estimate of drug-likeness (QED) is 0.535. The molecule has 0 aliphatic carbocycles. The van der Waals surface area contributed by atoms with E-state index in [9.17, 15) is 8.42 Å². The van der Waals surface area contributed by atoms with E-state index < -0.39 is 10.0 Å². The van der Waals surface area contributed by atoms with Gasteiger partial charge in [-0.25, -0.2) is 27.8 Å². The Hall–Kier alpha value is -2.30. The average Bonchev–Trinajstić information content (AvgIpc) is 2.98. The normalized spacial score (nSPS) is 11.5. The van der Waals surface area contributed by atoms with E-state index in [-0.39, 0.29) is 11.4 Å². The van der Waals surface area contributed by atoms with Crippen LogP contribution in [0.1, 0.15) is 11.4 Å². The summed E-state index contributed by atoms with van der Waals surface area (Å²) in [4.78, 5) is 8.61. The van der Waals surface area contributed by atoms with E-state index >= 15 is 0 Å². The van der Waals surface area contributed by atoms with Crippen molar-refractivity contribution in [1.82, 2.24) is 24.5 Å². The van der Waals surface area contributed by atoms with Crippen LogP contribution >= 0.6 is 15.9 Å². The van der Waals surface area contributed by atoms with Crippen molar-refractivity contribution < 1.29 is 8.42 Å². The molecule has 3 rings (SSSR count). The minimum absolute atomic E-state index is 0.220. The highest BCUT2D eigenvalue weighted by atomic mass is 79.9. The van der Waals surface area contributed by atoms with Gasteiger partial charge in [0.2, 0.25) is 10.0 Å². The Morgan fingerprint density at radius 1 is 1.07 bits per heavy atom. The molecule has 0 atom stereocenters. The maximum absolute atomic E-state index is 12.2. The maximum atomic E-state index is 12.2. The predicted octanol–water partition coefficient (Wildman–Crippen LogP) is 2.43. The van der Waals surface area contributed by atoms with Gasteiger partial charge in [-0.05, 0) is 44.2 Å². The van der Waals surface area contributed by atoms with Gasteiger partial charge in [-0.1, -0.05) is 15.9 Å². The molecule has 3 aromatic rings. The fraction of sp³-hybridized carbons (Fsp3) is 0.235. The van der Waals surface area contributed by atoms with E-state index in [4.69, 9.17) is 0 Å². The van der Waals surface area contributed by atoms with Crippen LogP contribution < -0.4 is 10.0 Å². The number of nitrogens with one attached hydrogen (secondary N) is 2. The van der Waals surface area contributed by atoms with Gasteiger partial charge in [0.25, 0.3) is 0 Å². The lowest BCUT2D eigenvalue weighted by molar-refractivity contribution is 0.583. The van der Waals surface area contributed by atoms with Crippen molar-refractivity contribution in [3.05, 3.63) is 58.6 Å². The molecule has 0 saturated heterocycles. The zero-order valence-corrected chi connectivity index (χ0v) is 17.2. The Morgan fingerprint density at radius 3 is 2.48 bits per heavy atom. The van der Waals surface area contributed by atoms with Crippen molar-refractivity contribution in [2.24, 2.45) is 0 Å². The molecular weight excluding hydrogens is 432 g/mol. The topological polar surface area (TPSA) is 102 Å². The number of hydrogen-bond acceptors (Lipinski definition) is 6. The summed E-state index contributed by atoms with van der Waals surface area (Å²) in [5.74, 6) is 1.24. The highest BCUT2D eigenvalue weighted by molar-refractivity contribution is 9.10. The molecule has 0 bridgehead atoms. The number of rotatable bonds is 7. The first-order valence-electron chi connectivity index (χ1n) is 8.20. The largest absolute Gasteiger partial charge is 0.369 e. The number of hydrogen-bond donors (Lipinski definition) is 2. The van der Waals surface area contributed by atoms with Crippen molar-refractivity contribution >= 4 is 31.8 Å². The van der Waals surface area contributed by atoms with Crippen LogP contribution in [0.25, 0.3) is 5.82 Å². The zero-order valence-electron chi connectivity index (χ0n) is 14.8. The molecule has 142 valence electrons. The van der Waals surface area contributed by atoms with E-state index in [1.165, 1.54) is 6.33 Å². The third kappa shape index (κ3) is 4.90. The van der Waals surface area contributed by atoms with Crippen LogP contribution in [0.5, 0.6) is 0 Å². The molecule has 27 heavy (non-hydrogen) atoms. The zero-order chi connectivity index (χ0) is 19.4. The van der Waals surface area contributed by atoms with Crippen LogP contribution in [-0.4, -0.2) is 41.3 Å². The van der Waals surface area contributed by atoms with E-state index in [1.807, 2.05) is 19.9 Å². The molecule has 0 fully saturated rings. The standard InChI is InChI=1S/C17H19BrN6O2S/c1-12-9-13(2)24(23-12)17-10-16(20-11-21-17)19-7-8-22-27(25,26)15-5-3-14(18)4-6-15/h3-6,9-11,22H,7-8H2,1-2H3,(H,19,20,21). The van der Waals surface area contributed by atoms with Crippen LogP contribution in [0.4, 0.5) is 5.82 Å². The summed E-state index contributed by atoms with van der Waals surface area (Å²) >= 11 is 3.29. The molecule has 2 N–H and O–H groups in total. The van der Waals surface area contributed by atoms with Crippen molar-refractivity contribution in [2.45, 2.75) is 18.7 Å². The fourth-order valence-corrected chi connectivity index (χ4v) is 3.79. The van der Waals surface area contributed by atoms with Crippen molar-refractivity contribution in [2.75, 3.05) is 18.4 Å². The predicted molar refractivity (Wildman–Crippen MR) is 106 cm³/mol. The summed E-state index contributed by atoms with van der Waals surface area (Å²) < 4.78 is 29.6. The first kappa shape index (κ1) is 19.5. The fourth-order valence-electron chi connectivity index (χ4n) is 2.49. The minimum atomic E-state index is -3.54. The molecule has 0 saturated carbocycles. The molecule has 1 aromatic carbocycles. The number of aromatic nitrogens is 4. The van der Waals surface area contributed by atoms with E-state index in [0.717, 1.165) is 15.9 Å². The first-order chi connectivity index (χ1) is 12.8. The van der Waals surface area contributed by atoms with E-state index in [0.29, 0.717) is 18.2 Å². The van der Waals surface area contributed by atoms with Gasteiger partial charge in [-0.2, -0.15) is 5.10 Å². The molecule has 2 aromatic heterocycles. The highest BCUT2D eigenvalue weighted by Crippen LogP contribution is 2.14. The SMILES string of the molecule is Cc1cc(C)n(-c2cc(NCCNS(=O)(=O)c3ccc(Br)cc3)ncn2)n1. The lowest BCUT2D eigenvalue weighted by Gasteiger charge is -2.09. The molecule has 0 radical (unpaired) electrons. The second-order valence-corrected chi connectivity index (χ2v) is 8.56. The van der Waals surface area contributed by atoms with Gasteiger partial charge in [0, 0.05) is 29.3 Å². The van der Waals surface area contributed by atoms with Crippen LogP contribution in [0.2, 0.25) is 0 Å². The summed E-state index contributed by atoms with van der Waals surface area (Å²) in [5, 5.41) is 7.48. The molecule has 2 heterocycles. The van der Waals surface area contributed by atoms with Gasteiger partial charge < -0.3 is 5.32 Å². The molecule has 10 heteroatoms. The van der Waals surface area contributed by atoms with Crippen LogP contribution in [-0.2, 0) is 10.0 Å². The average molecular weight is 451 g/mol. The lowest BCUT2D eigenvalue weighted by atomic mass is 10.4. The van der Waals surface area contributed by atoms with Gasteiger partial charge in [0.05, 0.1) is 10.6 Å². The Balaban J connectivity index is 1.59. The molecule has 0 spiro atoms. The van der Waals surface area contributed by atoms with Crippen molar-refractivity contribution in [1.29, 1.82) is 0 Å².